The average Bonchev–Trinajstić information content (AvgIpc) is 2.08. The molecule has 0 aromatic carbocycles. The van der Waals surface area contributed by atoms with Crippen molar-refractivity contribution in [3.8, 4) is 0 Å². The fourth-order valence-electron chi connectivity index (χ4n) is 1.24. The third-order valence-corrected chi connectivity index (χ3v) is 2.08. The number of rotatable bonds is 1. The summed E-state index contributed by atoms with van der Waals surface area (Å²) < 4.78 is 22.8. The number of methoxy groups -OCH3 is 1. The molecule has 0 spiro atoms. The van der Waals surface area contributed by atoms with E-state index in [0.29, 0.717) is 0 Å². The topological polar surface area (TPSA) is 64.7 Å². The van der Waals surface area contributed by atoms with Crippen LogP contribution in [0.5, 0.6) is 0 Å². The van der Waals surface area contributed by atoms with Crippen LogP contribution in [0.25, 0.3) is 0 Å². The van der Waals surface area contributed by atoms with Gasteiger partial charge in [0.05, 0.1) is 18.2 Å². The Morgan fingerprint density at radius 2 is 2.17 bits per heavy atom. The van der Waals surface area contributed by atoms with Gasteiger partial charge in [-0.2, -0.15) is 0 Å². The highest BCUT2D eigenvalue weighted by atomic mass is 19.1. The third-order valence-electron chi connectivity index (χ3n) is 2.08. The van der Waals surface area contributed by atoms with E-state index >= 15 is 0 Å². The molecule has 3 N–H and O–H groups in total. The van der Waals surface area contributed by atoms with Crippen molar-refractivity contribution in [2.24, 2.45) is 5.73 Å². The molecule has 0 bridgehead atoms. The second kappa shape index (κ2) is 3.66. The summed E-state index contributed by atoms with van der Waals surface area (Å²) in [4.78, 5) is 0. The largest absolute Gasteiger partial charge is 0.389 e. The molecule has 1 heterocycles. The molecule has 1 fully saturated rings. The molecule has 4 nitrogen and oxygen atoms in total. The van der Waals surface area contributed by atoms with E-state index in [1.54, 1.807) is 6.92 Å². The van der Waals surface area contributed by atoms with Crippen LogP contribution in [0.15, 0.2) is 0 Å². The first-order valence-electron chi connectivity index (χ1n) is 3.84. The number of aliphatic hydroxyl groups is 1. The number of aliphatic hydroxyl groups excluding tert-OH is 1. The summed E-state index contributed by atoms with van der Waals surface area (Å²) in [6.45, 7) is 1.63. The van der Waals surface area contributed by atoms with Gasteiger partial charge in [0, 0.05) is 7.11 Å². The van der Waals surface area contributed by atoms with Crippen LogP contribution in [0.3, 0.4) is 0 Å². The smallest absolute Gasteiger partial charge is 0.190 e. The van der Waals surface area contributed by atoms with Gasteiger partial charge in [0.1, 0.15) is 0 Å². The summed E-state index contributed by atoms with van der Waals surface area (Å²) in [6.07, 6.45) is -3.89. The summed E-state index contributed by atoms with van der Waals surface area (Å²) in [5.41, 5.74) is 5.39. The van der Waals surface area contributed by atoms with Crippen molar-refractivity contribution in [3.05, 3.63) is 0 Å². The van der Waals surface area contributed by atoms with E-state index in [9.17, 15) is 9.50 Å². The quantitative estimate of drug-likeness (QED) is 0.564. The molecule has 0 radical (unpaired) electrons. The van der Waals surface area contributed by atoms with Gasteiger partial charge in [-0.3, -0.25) is 0 Å². The second-order valence-corrected chi connectivity index (χ2v) is 2.96. The number of nitrogens with two attached hydrogens (primary N) is 1. The predicted octanol–water partition coefficient (Wildman–Crippen LogP) is -0.596. The van der Waals surface area contributed by atoms with Crippen molar-refractivity contribution in [3.63, 3.8) is 0 Å². The summed E-state index contributed by atoms with van der Waals surface area (Å²) in [6, 6.07) is -0.932. The van der Waals surface area contributed by atoms with Crippen LogP contribution in [-0.4, -0.2) is 42.9 Å². The van der Waals surface area contributed by atoms with Crippen LogP contribution in [0.4, 0.5) is 4.39 Å². The summed E-state index contributed by atoms with van der Waals surface area (Å²) in [5, 5.41) is 9.28. The van der Waals surface area contributed by atoms with E-state index in [0.717, 1.165) is 0 Å². The normalized spacial score (nSPS) is 49.2. The molecule has 1 saturated heterocycles. The zero-order valence-corrected chi connectivity index (χ0v) is 7.11. The highest BCUT2D eigenvalue weighted by molar-refractivity contribution is 4.90. The van der Waals surface area contributed by atoms with Gasteiger partial charge in [-0.1, -0.05) is 0 Å². The first kappa shape index (κ1) is 9.85. The highest BCUT2D eigenvalue weighted by Gasteiger charge is 2.41. The lowest BCUT2D eigenvalue weighted by Crippen LogP contribution is -2.59. The average molecular weight is 179 g/mol. The zero-order chi connectivity index (χ0) is 9.30. The van der Waals surface area contributed by atoms with Crippen LogP contribution in [0.2, 0.25) is 0 Å². The number of alkyl halides is 1. The van der Waals surface area contributed by atoms with Gasteiger partial charge < -0.3 is 20.3 Å². The molecule has 1 aliphatic rings. The number of halogens is 1. The Hall–Kier alpha value is -0.230. The lowest BCUT2D eigenvalue weighted by molar-refractivity contribution is -0.242. The Labute approximate surface area is 70.4 Å². The van der Waals surface area contributed by atoms with Gasteiger partial charge in [0.25, 0.3) is 0 Å². The summed E-state index contributed by atoms with van der Waals surface area (Å²) >= 11 is 0. The Bertz CT molecular complexity index is 153. The molecular formula is C7H14FNO3. The molecule has 0 saturated carbocycles. The van der Waals surface area contributed by atoms with Crippen molar-refractivity contribution in [2.75, 3.05) is 7.11 Å². The van der Waals surface area contributed by atoms with Crippen LogP contribution < -0.4 is 5.73 Å². The molecule has 12 heavy (non-hydrogen) atoms. The monoisotopic (exact) mass is 179 g/mol. The lowest BCUT2D eigenvalue weighted by atomic mass is 9.99. The van der Waals surface area contributed by atoms with Crippen molar-refractivity contribution in [1.82, 2.24) is 0 Å². The SMILES string of the molecule is CO[C@H]1O[C@H](C)[C@@H](O)[C@@H](N)[C@@H]1F. The zero-order valence-electron chi connectivity index (χ0n) is 7.11. The Balaban J connectivity index is 2.63. The molecule has 0 aromatic rings. The van der Waals surface area contributed by atoms with Gasteiger partial charge in [0.2, 0.25) is 0 Å². The highest BCUT2D eigenvalue weighted by Crippen LogP contribution is 2.22. The molecule has 0 unspecified atom stereocenters. The molecule has 5 heteroatoms. The van der Waals surface area contributed by atoms with Crippen molar-refractivity contribution in [2.45, 2.75) is 37.6 Å². The molecule has 0 aliphatic carbocycles. The Morgan fingerprint density at radius 1 is 1.58 bits per heavy atom. The fraction of sp³-hybridized carbons (Fsp3) is 1.00. The molecule has 72 valence electrons. The number of ether oxygens (including phenoxy) is 2. The second-order valence-electron chi connectivity index (χ2n) is 2.96. The van der Waals surface area contributed by atoms with E-state index < -0.39 is 30.7 Å². The van der Waals surface area contributed by atoms with Crippen molar-refractivity contribution in [1.29, 1.82) is 0 Å². The van der Waals surface area contributed by atoms with Gasteiger partial charge >= 0.3 is 0 Å². The predicted molar refractivity (Wildman–Crippen MR) is 40.2 cm³/mol. The van der Waals surface area contributed by atoms with Gasteiger partial charge in [-0.15, -0.1) is 0 Å². The van der Waals surface area contributed by atoms with Crippen molar-refractivity contribution < 1.29 is 19.0 Å². The lowest BCUT2D eigenvalue weighted by Gasteiger charge is -2.37. The maximum absolute atomic E-state index is 13.1. The third kappa shape index (κ3) is 1.59. The molecule has 5 atom stereocenters. The fourth-order valence-corrected chi connectivity index (χ4v) is 1.24. The molecule has 1 rings (SSSR count). The minimum atomic E-state index is -1.47. The van der Waals surface area contributed by atoms with Gasteiger partial charge in [-0.25, -0.2) is 4.39 Å². The Kier molecular flexibility index (Phi) is 3.00. The minimum absolute atomic E-state index is 0.489. The van der Waals surface area contributed by atoms with Gasteiger partial charge in [0.15, 0.2) is 12.5 Å². The van der Waals surface area contributed by atoms with Crippen LogP contribution in [-0.2, 0) is 9.47 Å². The number of hydrogen-bond acceptors (Lipinski definition) is 4. The maximum Gasteiger partial charge on any atom is 0.190 e. The summed E-state index contributed by atoms with van der Waals surface area (Å²) in [5.74, 6) is 0. The first-order valence-corrected chi connectivity index (χ1v) is 3.84. The standard InChI is InChI=1S/C7H14FNO3/c1-3-6(10)5(9)4(8)7(11-2)12-3/h3-7,10H,9H2,1-2H3/t3-,4+,5+,6-,7+/m1/s1. The van der Waals surface area contributed by atoms with E-state index in [2.05, 4.69) is 0 Å². The van der Waals surface area contributed by atoms with E-state index in [1.165, 1.54) is 7.11 Å². The van der Waals surface area contributed by atoms with E-state index in [1.807, 2.05) is 0 Å². The number of hydrogen-bond donors (Lipinski definition) is 2. The first-order chi connectivity index (χ1) is 5.57. The summed E-state index contributed by atoms with van der Waals surface area (Å²) in [7, 11) is 1.34. The van der Waals surface area contributed by atoms with Gasteiger partial charge in [-0.05, 0) is 6.92 Å². The molecular weight excluding hydrogens is 165 g/mol. The van der Waals surface area contributed by atoms with Crippen LogP contribution in [0.1, 0.15) is 6.92 Å². The Morgan fingerprint density at radius 3 is 2.67 bits per heavy atom. The molecule has 0 amide bonds. The van der Waals surface area contributed by atoms with E-state index in [-0.39, 0.29) is 0 Å². The van der Waals surface area contributed by atoms with Crippen LogP contribution >= 0.6 is 0 Å². The minimum Gasteiger partial charge on any atom is -0.389 e. The maximum atomic E-state index is 13.1. The van der Waals surface area contributed by atoms with E-state index in [4.69, 9.17) is 15.2 Å². The van der Waals surface area contributed by atoms with Crippen molar-refractivity contribution >= 4 is 0 Å². The molecule has 0 aromatic heterocycles. The molecule has 1 aliphatic heterocycles. The van der Waals surface area contributed by atoms with Crippen LogP contribution in [0, 0.1) is 0 Å².